The zero-order valence-electron chi connectivity index (χ0n) is 38.8. The molecule has 6 heterocycles. The summed E-state index contributed by atoms with van der Waals surface area (Å²) in [4.78, 5) is 60.4. The number of carbonyl (C=O) groups is 3. The third kappa shape index (κ3) is 9.81. The molecule has 0 radical (unpaired) electrons. The molecule has 0 bridgehead atoms. The number of methoxy groups -OCH3 is 1. The molecule has 0 unspecified atom stereocenters. The van der Waals surface area contributed by atoms with Gasteiger partial charge in [0, 0.05) is 94.0 Å². The molecule has 2 aromatic heterocycles. The van der Waals surface area contributed by atoms with E-state index < -0.39 is 36.5 Å². The van der Waals surface area contributed by atoms with Crippen molar-refractivity contribution >= 4 is 102 Å². The molecule has 68 heavy (non-hydrogen) atoms. The van der Waals surface area contributed by atoms with Crippen LogP contribution < -0.4 is 35.8 Å². The minimum Gasteiger partial charge on any atom is -0.494 e. The Hall–Kier alpha value is -5.23. The van der Waals surface area contributed by atoms with Crippen LogP contribution in [0.25, 0.3) is 10.2 Å². The van der Waals surface area contributed by atoms with Gasteiger partial charge in [-0.05, 0) is 104 Å². The lowest BCUT2D eigenvalue weighted by atomic mass is 9.89. The number of thiazole rings is 1. The summed E-state index contributed by atoms with van der Waals surface area (Å²) in [6.45, 7) is 13.1. The van der Waals surface area contributed by atoms with Crippen molar-refractivity contribution in [2.24, 2.45) is 5.92 Å². The second kappa shape index (κ2) is 19.6. The zero-order chi connectivity index (χ0) is 48.0. The monoisotopic (exact) mass is 1030 g/mol. The minimum absolute atomic E-state index is 0.0268. The Kier molecular flexibility index (Phi) is 13.8. The third-order valence-electron chi connectivity index (χ3n) is 13.7. The van der Waals surface area contributed by atoms with Gasteiger partial charge in [0.1, 0.15) is 30.3 Å². The molecule has 4 saturated heterocycles. The van der Waals surface area contributed by atoms with E-state index in [1.165, 1.54) is 29.0 Å². The van der Waals surface area contributed by atoms with Crippen molar-refractivity contribution < 1.29 is 32.5 Å². The predicted octanol–water partition coefficient (Wildman–Crippen LogP) is 7.90. The van der Waals surface area contributed by atoms with Gasteiger partial charge in [0.2, 0.25) is 23.7 Å². The van der Waals surface area contributed by atoms with Crippen LogP contribution >= 0.6 is 34.4 Å². The van der Waals surface area contributed by atoms with E-state index in [-0.39, 0.29) is 30.2 Å². The number of piperazine rings is 1. The number of aromatic nitrogens is 3. The van der Waals surface area contributed by atoms with Crippen LogP contribution in [0.4, 0.5) is 43.3 Å². The fraction of sp³-hybridized carbons (Fsp3) is 0.458. The average molecular weight is 1030 g/mol. The van der Waals surface area contributed by atoms with E-state index in [2.05, 4.69) is 70.7 Å². The Morgan fingerprint density at radius 2 is 1.66 bits per heavy atom. The molecule has 0 aliphatic carbocycles. The van der Waals surface area contributed by atoms with E-state index >= 15 is 8.78 Å². The lowest BCUT2D eigenvalue weighted by Crippen LogP contribution is -2.55. The highest BCUT2D eigenvalue weighted by molar-refractivity contribution is 9.10. The van der Waals surface area contributed by atoms with Gasteiger partial charge in [-0.3, -0.25) is 24.6 Å². The second-order valence-corrected chi connectivity index (χ2v) is 23.6. The molecule has 360 valence electrons. The van der Waals surface area contributed by atoms with E-state index in [0.29, 0.717) is 72.0 Å². The van der Waals surface area contributed by atoms with Crippen molar-refractivity contribution in [3.8, 4) is 5.75 Å². The van der Waals surface area contributed by atoms with Gasteiger partial charge in [-0.25, -0.2) is 18.7 Å². The second-order valence-electron chi connectivity index (χ2n) is 18.4. The number of nitrogens with one attached hydrogen (secondary N) is 3. The summed E-state index contributed by atoms with van der Waals surface area (Å²) >= 11 is 5.14. The number of hydrogen-bond acceptors (Lipinski definition) is 14. The maximum absolute atomic E-state index is 15.3. The van der Waals surface area contributed by atoms with Crippen LogP contribution in [0.3, 0.4) is 0 Å². The van der Waals surface area contributed by atoms with Crippen LogP contribution in [-0.2, 0) is 25.4 Å². The molecular weight excluding hydrogens is 978 g/mol. The summed E-state index contributed by atoms with van der Waals surface area (Å²) in [7, 11) is -1.05. The van der Waals surface area contributed by atoms with E-state index in [4.69, 9.17) is 9.72 Å². The number of benzene rings is 3. The Balaban J connectivity index is 0.793. The summed E-state index contributed by atoms with van der Waals surface area (Å²) in [6.07, 6.45) is 5.12. The number of ether oxygens (including phenoxy) is 1. The number of carbonyl (C=O) groups excluding carboxylic acids is 3. The molecule has 4 aliphatic heterocycles. The largest absolute Gasteiger partial charge is 0.494 e. The number of imide groups is 1. The van der Waals surface area contributed by atoms with E-state index in [1.54, 1.807) is 26.6 Å². The summed E-state index contributed by atoms with van der Waals surface area (Å²) in [5.74, 6) is -2.48. The van der Waals surface area contributed by atoms with Crippen molar-refractivity contribution in [1.82, 2.24) is 30.1 Å². The lowest BCUT2D eigenvalue weighted by Gasteiger charge is -2.44. The van der Waals surface area contributed by atoms with Crippen LogP contribution in [0.2, 0.25) is 0 Å². The number of rotatable bonds is 12. The number of hydrogen-bond donors (Lipinski definition) is 3. The minimum atomic E-state index is -2.71. The quantitative estimate of drug-likeness (QED) is 0.0817. The Bertz CT molecular complexity index is 2810. The summed E-state index contributed by atoms with van der Waals surface area (Å²) in [5.41, 5.74) is 4.60. The smallest absolute Gasteiger partial charge is 0.234 e. The van der Waals surface area contributed by atoms with Gasteiger partial charge in [0.05, 0.1) is 55.3 Å². The molecule has 15 nitrogen and oxygen atoms in total. The standard InChI is InChI=1S/C48H56BrF2N10O5PS/c1-6-28-21-38(55-48-52-25-33(49)45(57-48)54-36-8-9-37-44(68-27(2)53-37)43(36)67(4,5)65)40(66-3)24-39(28)59-15-12-30(13-16-59)58-17-19-60(20-18-58)47(64)29-11-14-61(26-29)31-22-34(50)42(35(51)23-31)32-7-10-41(62)56-46(32)63/h8-9,21-25,29-30,32H,6-7,10-20,26H2,1-5H3,(H,56,62,63)(H2,52,54,55,57)/t29-,32-/m1/s1. The average Bonchev–Trinajstić information content (AvgIpc) is 3.96. The van der Waals surface area contributed by atoms with Crippen molar-refractivity contribution in [2.45, 2.75) is 64.3 Å². The van der Waals surface area contributed by atoms with Gasteiger partial charge in [0.15, 0.2) is 0 Å². The molecule has 20 heteroatoms. The predicted molar refractivity (Wildman–Crippen MR) is 267 cm³/mol. The van der Waals surface area contributed by atoms with Crippen molar-refractivity contribution in [2.75, 3.05) is 93.2 Å². The molecule has 4 aliphatic rings. The first-order valence-corrected chi connectivity index (χ1v) is 27.4. The highest BCUT2D eigenvalue weighted by Crippen LogP contribution is 2.44. The molecule has 0 saturated carbocycles. The van der Waals surface area contributed by atoms with Crippen molar-refractivity contribution in [1.29, 1.82) is 0 Å². The maximum atomic E-state index is 15.3. The molecule has 0 spiro atoms. The van der Waals surface area contributed by atoms with Gasteiger partial charge in [-0.1, -0.05) is 6.92 Å². The van der Waals surface area contributed by atoms with Crippen LogP contribution in [0.1, 0.15) is 61.1 Å². The Labute approximate surface area is 406 Å². The van der Waals surface area contributed by atoms with Crippen molar-refractivity contribution in [3.63, 3.8) is 0 Å². The molecule has 3 amide bonds. The first-order valence-electron chi connectivity index (χ1n) is 23.2. The van der Waals surface area contributed by atoms with Crippen LogP contribution in [0.15, 0.2) is 47.1 Å². The Morgan fingerprint density at radius 3 is 2.34 bits per heavy atom. The number of anilines is 6. The van der Waals surface area contributed by atoms with Gasteiger partial charge in [0.25, 0.3) is 0 Å². The van der Waals surface area contributed by atoms with E-state index in [0.717, 1.165) is 77.3 Å². The van der Waals surface area contributed by atoms with Gasteiger partial charge < -0.3 is 34.6 Å². The van der Waals surface area contributed by atoms with Gasteiger partial charge >= 0.3 is 0 Å². The molecule has 9 rings (SSSR count). The van der Waals surface area contributed by atoms with Crippen molar-refractivity contribution in [3.05, 3.63) is 74.8 Å². The zero-order valence-corrected chi connectivity index (χ0v) is 42.1. The first kappa shape index (κ1) is 47.8. The summed E-state index contributed by atoms with van der Waals surface area (Å²) in [5, 5.41) is 10.6. The summed E-state index contributed by atoms with van der Waals surface area (Å²) < 4.78 is 51.7. The molecule has 2 atom stereocenters. The fourth-order valence-corrected chi connectivity index (χ4v) is 13.5. The molecule has 5 aromatic rings. The highest BCUT2D eigenvalue weighted by atomic mass is 79.9. The van der Waals surface area contributed by atoms with Gasteiger partial charge in [-0.15, -0.1) is 11.3 Å². The number of halogens is 3. The van der Waals surface area contributed by atoms with Crippen LogP contribution in [0, 0.1) is 24.5 Å². The normalized spacial score (nSPS) is 19.7. The number of amides is 3. The van der Waals surface area contributed by atoms with E-state index in [1.807, 2.05) is 28.9 Å². The third-order valence-corrected chi connectivity index (χ3v) is 17.0. The summed E-state index contributed by atoms with van der Waals surface area (Å²) in [6, 6.07) is 10.9. The van der Waals surface area contributed by atoms with Crippen LogP contribution in [-0.4, -0.2) is 121 Å². The lowest BCUT2D eigenvalue weighted by molar-refractivity contribution is -0.137. The fourth-order valence-electron chi connectivity index (χ4n) is 10.2. The number of fused-ring (bicyclic) bond motifs is 1. The van der Waals surface area contributed by atoms with Gasteiger partial charge in [-0.2, -0.15) is 4.98 Å². The number of aryl methyl sites for hydroxylation is 2. The van der Waals surface area contributed by atoms with E-state index in [9.17, 15) is 18.9 Å². The highest BCUT2D eigenvalue weighted by Gasteiger charge is 2.37. The molecular formula is C48H56BrF2N10O5PS. The first-order chi connectivity index (χ1) is 32.6. The maximum Gasteiger partial charge on any atom is 0.234 e. The topological polar surface area (TPSA) is 165 Å². The molecule has 3 N–H and O–H groups in total. The Morgan fingerprint density at radius 1 is 0.941 bits per heavy atom. The SMILES string of the molecule is CCc1cc(Nc2ncc(Br)c(Nc3ccc4nc(C)sc4c3P(C)(C)=O)n2)c(OC)cc1N1CCC(N2CCN(C(=O)[C@@H]3CCN(c4cc(F)c([C@H]5CCC(=O)NC5=O)c(F)c4)C3)CC2)CC1. The number of nitrogens with zero attached hydrogens (tertiary/aromatic N) is 7. The van der Waals surface area contributed by atoms with Crippen LogP contribution in [0.5, 0.6) is 5.75 Å². The number of piperidine rings is 2. The molecule has 4 fully saturated rings. The molecule has 3 aromatic carbocycles.